The molecule has 0 aliphatic carbocycles. The van der Waals surface area contributed by atoms with Gasteiger partial charge in [-0.1, -0.05) is 0 Å². The molecule has 0 bridgehead atoms. The standard InChI is InChI=1S/C11H18N2O4S/c1-11(2,3)17-10(15)13-6-4-8(5-7-13)16-9(14)12-18/h8H,4-7H2,1-3H3. The van der Waals surface area contributed by atoms with Crippen molar-refractivity contribution in [1.29, 1.82) is 0 Å². The minimum atomic E-state index is -0.735. The molecule has 1 fully saturated rings. The van der Waals surface area contributed by atoms with Crippen LogP contribution in [0.4, 0.5) is 9.59 Å². The molecule has 0 aromatic rings. The summed E-state index contributed by atoms with van der Waals surface area (Å²) in [6.45, 7) is 6.48. The van der Waals surface area contributed by atoms with E-state index in [0.717, 1.165) is 0 Å². The fourth-order valence-electron chi connectivity index (χ4n) is 1.65. The Labute approximate surface area is 112 Å². The summed E-state index contributed by atoms with van der Waals surface area (Å²) in [5.74, 6) is 0. The average Bonchev–Trinajstić information content (AvgIpc) is 2.27. The maximum atomic E-state index is 11.8. The monoisotopic (exact) mass is 274 g/mol. The molecule has 1 saturated heterocycles. The Kier molecular flexibility index (Phi) is 5.01. The normalized spacial score (nSPS) is 17.2. The summed E-state index contributed by atoms with van der Waals surface area (Å²) in [7, 11) is 0. The molecule has 1 heterocycles. The first-order valence-corrected chi connectivity index (χ1v) is 6.20. The Hall–Kier alpha value is -1.24. The molecule has 0 aromatic carbocycles. The van der Waals surface area contributed by atoms with Gasteiger partial charge in [-0.15, -0.1) is 4.36 Å². The minimum Gasteiger partial charge on any atom is -0.444 e. The minimum absolute atomic E-state index is 0.220. The lowest BCUT2D eigenvalue weighted by Crippen LogP contribution is -2.43. The summed E-state index contributed by atoms with van der Waals surface area (Å²) >= 11 is 4.23. The Bertz CT molecular complexity index is 332. The quantitative estimate of drug-likeness (QED) is 0.733. The van der Waals surface area contributed by atoms with Crippen molar-refractivity contribution < 1.29 is 19.1 Å². The number of amides is 2. The molecule has 1 aliphatic heterocycles. The van der Waals surface area contributed by atoms with Gasteiger partial charge in [-0.3, -0.25) is 0 Å². The maximum absolute atomic E-state index is 11.8. The molecule has 0 radical (unpaired) electrons. The van der Waals surface area contributed by atoms with Gasteiger partial charge in [-0.05, 0) is 20.8 Å². The molecule has 18 heavy (non-hydrogen) atoms. The fraction of sp³-hybridized carbons (Fsp3) is 0.818. The average molecular weight is 274 g/mol. The van der Waals surface area contributed by atoms with Crippen molar-refractivity contribution in [2.45, 2.75) is 45.3 Å². The highest BCUT2D eigenvalue weighted by Gasteiger charge is 2.28. The van der Waals surface area contributed by atoms with Gasteiger partial charge in [0.1, 0.15) is 11.7 Å². The number of hydrogen-bond acceptors (Lipinski definition) is 5. The van der Waals surface area contributed by atoms with E-state index >= 15 is 0 Å². The van der Waals surface area contributed by atoms with Crippen molar-refractivity contribution in [2.75, 3.05) is 13.1 Å². The smallest absolute Gasteiger partial charge is 0.444 e. The number of carbonyl (C=O) groups is 2. The van der Waals surface area contributed by atoms with Gasteiger partial charge in [0, 0.05) is 38.4 Å². The van der Waals surface area contributed by atoms with Crippen LogP contribution in [0.3, 0.4) is 0 Å². The number of ether oxygens (including phenoxy) is 2. The molecule has 1 aliphatic rings. The molecule has 102 valence electrons. The zero-order chi connectivity index (χ0) is 13.8. The van der Waals surface area contributed by atoms with Crippen LogP contribution in [0.25, 0.3) is 0 Å². The van der Waals surface area contributed by atoms with E-state index in [2.05, 4.69) is 16.8 Å². The van der Waals surface area contributed by atoms with Crippen molar-refractivity contribution in [1.82, 2.24) is 4.90 Å². The van der Waals surface area contributed by atoms with E-state index in [1.165, 1.54) is 0 Å². The Morgan fingerprint density at radius 3 is 2.28 bits per heavy atom. The Balaban J connectivity index is 2.37. The predicted octanol–water partition coefficient (Wildman–Crippen LogP) is 2.25. The first-order chi connectivity index (χ1) is 8.31. The van der Waals surface area contributed by atoms with E-state index in [9.17, 15) is 9.59 Å². The van der Waals surface area contributed by atoms with Gasteiger partial charge in [-0.25, -0.2) is 9.59 Å². The molecular formula is C11H18N2O4S. The van der Waals surface area contributed by atoms with Crippen molar-refractivity contribution >= 4 is 24.6 Å². The Morgan fingerprint density at radius 2 is 1.83 bits per heavy atom. The molecule has 0 spiro atoms. The Morgan fingerprint density at radius 1 is 1.28 bits per heavy atom. The molecular weight excluding hydrogens is 256 g/mol. The van der Waals surface area contributed by atoms with Crippen LogP contribution in [0.15, 0.2) is 4.36 Å². The van der Waals surface area contributed by atoms with Crippen molar-refractivity contribution in [3.05, 3.63) is 0 Å². The van der Waals surface area contributed by atoms with Gasteiger partial charge in [0.2, 0.25) is 0 Å². The second kappa shape index (κ2) is 6.08. The second-order valence-corrected chi connectivity index (χ2v) is 5.32. The number of piperidine rings is 1. The molecule has 0 saturated carbocycles. The summed E-state index contributed by atoms with van der Waals surface area (Å²) in [4.78, 5) is 24.3. The zero-order valence-corrected chi connectivity index (χ0v) is 11.7. The highest BCUT2D eigenvalue weighted by molar-refractivity contribution is 7.47. The number of likely N-dealkylation sites (tertiary alicyclic amines) is 1. The van der Waals surface area contributed by atoms with Gasteiger partial charge in [0.25, 0.3) is 0 Å². The fourth-order valence-corrected chi connectivity index (χ4v) is 1.69. The maximum Gasteiger partial charge on any atom is 0.445 e. The predicted molar refractivity (Wildman–Crippen MR) is 67.1 cm³/mol. The van der Waals surface area contributed by atoms with Crippen molar-refractivity contribution in [3.63, 3.8) is 0 Å². The molecule has 0 N–H and O–H groups in total. The number of carbonyl (C=O) groups excluding carboxylic acids is 2. The topological polar surface area (TPSA) is 68.2 Å². The first-order valence-electron chi connectivity index (χ1n) is 5.84. The molecule has 0 atom stereocenters. The van der Waals surface area contributed by atoms with Crippen LogP contribution in [0, 0.1) is 0 Å². The van der Waals surface area contributed by atoms with Crippen LogP contribution in [0.1, 0.15) is 33.6 Å². The van der Waals surface area contributed by atoms with Gasteiger partial charge in [0.15, 0.2) is 0 Å². The second-order valence-electron chi connectivity index (χ2n) is 5.14. The molecule has 2 amide bonds. The molecule has 7 heteroatoms. The van der Waals surface area contributed by atoms with Crippen LogP contribution in [0.5, 0.6) is 0 Å². The van der Waals surface area contributed by atoms with Crippen LogP contribution in [-0.4, -0.2) is 41.9 Å². The first kappa shape index (κ1) is 14.8. The van der Waals surface area contributed by atoms with Crippen LogP contribution in [0.2, 0.25) is 0 Å². The van der Waals surface area contributed by atoms with E-state index in [0.29, 0.717) is 25.9 Å². The third-order valence-electron chi connectivity index (χ3n) is 2.44. The van der Waals surface area contributed by atoms with Crippen molar-refractivity contribution in [3.8, 4) is 0 Å². The third-order valence-corrected chi connectivity index (χ3v) is 2.58. The summed E-state index contributed by atoms with van der Waals surface area (Å²) < 4.78 is 13.2. The molecule has 6 nitrogen and oxygen atoms in total. The molecule has 1 rings (SSSR count). The summed E-state index contributed by atoms with van der Waals surface area (Å²) in [5.41, 5.74) is -0.498. The number of hydrogen-bond donors (Lipinski definition) is 0. The largest absolute Gasteiger partial charge is 0.445 e. The van der Waals surface area contributed by atoms with Gasteiger partial charge in [0.05, 0.1) is 0 Å². The van der Waals surface area contributed by atoms with Gasteiger partial charge < -0.3 is 14.4 Å². The van der Waals surface area contributed by atoms with Crippen LogP contribution < -0.4 is 0 Å². The van der Waals surface area contributed by atoms with Crippen LogP contribution >= 0.6 is 0 Å². The van der Waals surface area contributed by atoms with E-state index in [1.54, 1.807) is 4.90 Å². The lowest BCUT2D eigenvalue weighted by Gasteiger charge is -2.32. The van der Waals surface area contributed by atoms with Gasteiger partial charge >= 0.3 is 12.2 Å². The van der Waals surface area contributed by atoms with Crippen molar-refractivity contribution in [2.24, 2.45) is 4.36 Å². The van der Waals surface area contributed by atoms with Crippen LogP contribution in [-0.2, 0) is 21.9 Å². The van der Waals surface area contributed by atoms with E-state index in [-0.39, 0.29) is 12.2 Å². The van der Waals surface area contributed by atoms with Gasteiger partial charge in [-0.2, -0.15) is 0 Å². The summed E-state index contributed by atoms with van der Waals surface area (Å²) in [5, 5.41) is 0. The highest BCUT2D eigenvalue weighted by atomic mass is 32.1. The SMILES string of the molecule is CC(C)(C)OC(=O)N1CCC(OC(=O)N=S)CC1. The highest BCUT2D eigenvalue weighted by Crippen LogP contribution is 2.17. The van der Waals surface area contributed by atoms with E-state index in [4.69, 9.17) is 9.47 Å². The number of nitrogens with zero attached hydrogens (tertiary/aromatic N) is 2. The number of rotatable bonds is 1. The third kappa shape index (κ3) is 4.95. The van der Waals surface area contributed by atoms with E-state index < -0.39 is 11.7 Å². The van der Waals surface area contributed by atoms with E-state index in [1.807, 2.05) is 20.8 Å². The molecule has 0 unspecified atom stereocenters. The summed E-state index contributed by atoms with van der Waals surface area (Å²) in [6.07, 6.45) is -0.130. The zero-order valence-electron chi connectivity index (χ0n) is 10.8. The lowest BCUT2D eigenvalue weighted by molar-refractivity contribution is 0.00761. The lowest BCUT2D eigenvalue weighted by atomic mass is 10.1. The molecule has 0 aromatic heterocycles. The summed E-state index contributed by atoms with van der Waals surface area (Å²) in [6, 6.07) is 0.